The van der Waals surface area contributed by atoms with E-state index in [0.717, 1.165) is 60.9 Å². The van der Waals surface area contributed by atoms with Gasteiger partial charge in [-0.3, -0.25) is 4.90 Å². The number of likely N-dealkylation sites (tertiary alicyclic amines) is 1. The lowest BCUT2D eigenvalue weighted by Crippen LogP contribution is -2.36. The molecule has 2 aromatic rings. The van der Waals surface area contributed by atoms with Gasteiger partial charge in [0.1, 0.15) is 5.75 Å². The van der Waals surface area contributed by atoms with Gasteiger partial charge in [0.15, 0.2) is 11.5 Å². The van der Waals surface area contributed by atoms with Gasteiger partial charge in [-0.05, 0) is 48.2 Å². The average molecular weight is 355 g/mol. The Kier molecular flexibility index (Phi) is 5.00. The molecule has 0 atom stereocenters. The number of rotatable bonds is 5. The third kappa shape index (κ3) is 3.50. The first kappa shape index (κ1) is 17.2. The highest BCUT2D eigenvalue weighted by Crippen LogP contribution is 2.39. The second-order valence-electron chi connectivity index (χ2n) is 6.81. The van der Waals surface area contributed by atoms with E-state index in [1.165, 1.54) is 5.56 Å². The Labute approximate surface area is 154 Å². The molecule has 0 aliphatic carbocycles. The maximum atomic E-state index is 5.59. The van der Waals surface area contributed by atoms with Crippen molar-refractivity contribution >= 4 is 0 Å². The van der Waals surface area contributed by atoms with Crippen LogP contribution in [0.5, 0.6) is 17.2 Å². The Morgan fingerprint density at radius 3 is 2.58 bits per heavy atom. The molecule has 0 radical (unpaired) electrons. The molecule has 2 aromatic carbocycles. The number of ether oxygens (including phenoxy) is 4. The minimum Gasteiger partial charge on any atom is -0.496 e. The topological polar surface area (TPSA) is 40.2 Å². The molecule has 1 fully saturated rings. The highest BCUT2D eigenvalue weighted by Gasteiger charge is 2.20. The summed E-state index contributed by atoms with van der Waals surface area (Å²) < 4.78 is 22.0. The van der Waals surface area contributed by atoms with E-state index in [-0.39, 0.29) is 6.79 Å². The van der Waals surface area contributed by atoms with Crippen LogP contribution in [-0.4, -0.2) is 45.1 Å². The molecule has 0 aromatic heterocycles. The first-order valence-electron chi connectivity index (χ1n) is 9.09. The first-order valence-corrected chi connectivity index (χ1v) is 9.09. The Balaban J connectivity index is 1.56. The maximum absolute atomic E-state index is 5.59. The summed E-state index contributed by atoms with van der Waals surface area (Å²) in [5.74, 6) is 2.45. The van der Waals surface area contributed by atoms with Crippen molar-refractivity contribution < 1.29 is 18.9 Å². The Hall–Kier alpha value is -2.24. The molecular weight excluding hydrogens is 330 g/mol. The Bertz CT molecular complexity index is 769. The predicted molar refractivity (Wildman–Crippen MR) is 99.9 cm³/mol. The molecular formula is C21H25NO4. The smallest absolute Gasteiger partial charge is 0.231 e. The number of methoxy groups -OCH3 is 2. The van der Waals surface area contributed by atoms with Crippen molar-refractivity contribution in [2.75, 3.05) is 34.1 Å². The van der Waals surface area contributed by atoms with Crippen molar-refractivity contribution in [3.8, 4) is 28.4 Å². The largest absolute Gasteiger partial charge is 0.496 e. The fourth-order valence-electron chi connectivity index (χ4n) is 3.70. The maximum Gasteiger partial charge on any atom is 0.231 e. The van der Waals surface area contributed by atoms with Gasteiger partial charge in [-0.25, -0.2) is 0 Å². The van der Waals surface area contributed by atoms with Gasteiger partial charge in [-0.1, -0.05) is 12.1 Å². The molecule has 2 heterocycles. The monoisotopic (exact) mass is 355 g/mol. The van der Waals surface area contributed by atoms with E-state index < -0.39 is 0 Å². The quantitative estimate of drug-likeness (QED) is 0.818. The zero-order chi connectivity index (χ0) is 17.9. The van der Waals surface area contributed by atoms with E-state index in [1.54, 1.807) is 14.2 Å². The SMILES string of the molecule is COc1ccc(CN2CCC(OC)CC2)cc1-c1ccc2c(c1)OCO2. The summed E-state index contributed by atoms with van der Waals surface area (Å²) in [6, 6.07) is 12.5. The number of benzene rings is 2. The van der Waals surface area contributed by atoms with Gasteiger partial charge >= 0.3 is 0 Å². The molecule has 0 saturated carbocycles. The molecule has 5 nitrogen and oxygen atoms in total. The van der Waals surface area contributed by atoms with Crippen molar-refractivity contribution in [3.05, 3.63) is 42.0 Å². The number of hydrogen-bond donors (Lipinski definition) is 0. The van der Waals surface area contributed by atoms with Crippen molar-refractivity contribution in [3.63, 3.8) is 0 Å². The molecule has 138 valence electrons. The highest BCUT2D eigenvalue weighted by atomic mass is 16.7. The van der Waals surface area contributed by atoms with Gasteiger partial charge in [0.2, 0.25) is 6.79 Å². The molecule has 0 N–H and O–H groups in total. The van der Waals surface area contributed by atoms with Crippen LogP contribution in [0.15, 0.2) is 36.4 Å². The van der Waals surface area contributed by atoms with Crippen molar-refractivity contribution in [1.29, 1.82) is 0 Å². The number of piperidine rings is 1. The van der Waals surface area contributed by atoms with Crippen molar-refractivity contribution in [2.24, 2.45) is 0 Å². The van der Waals surface area contributed by atoms with Crippen LogP contribution in [0.25, 0.3) is 11.1 Å². The second-order valence-corrected chi connectivity index (χ2v) is 6.81. The third-order valence-corrected chi connectivity index (χ3v) is 5.22. The number of fused-ring (bicyclic) bond motifs is 1. The van der Waals surface area contributed by atoms with E-state index in [2.05, 4.69) is 29.2 Å². The average Bonchev–Trinajstić information content (AvgIpc) is 3.16. The van der Waals surface area contributed by atoms with E-state index >= 15 is 0 Å². The molecule has 5 heteroatoms. The summed E-state index contributed by atoms with van der Waals surface area (Å²) >= 11 is 0. The number of hydrogen-bond acceptors (Lipinski definition) is 5. The van der Waals surface area contributed by atoms with Crippen LogP contribution in [-0.2, 0) is 11.3 Å². The molecule has 4 rings (SSSR count). The van der Waals surface area contributed by atoms with Gasteiger partial charge in [0.05, 0.1) is 13.2 Å². The molecule has 26 heavy (non-hydrogen) atoms. The van der Waals surface area contributed by atoms with Gasteiger partial charge < -0.3 is 18.9 Å². The van der Waals surface area contributed by atoms with Crippen LogP contribution in [0.1, 0.15) is 18.4 Å². The minimum absolute atomic E-state index is 0.285. The molecule has 2 aliphatic heterocycles. The molecule has 0 amide bonds. The van der Waals surface area contributed by atoms with Gasteiger partial charge in [0.25, 0.3) is 0 Å². The number of nitrogens with zero attached hydrogens (tertiary/aromatic N) is 1. The fraction of sp³-hybridized carbons (Fsp3) is 0.429. The van der Waals surface area contributed by atoms with E-state index in [4.69, 9.17) is 18.9 Å². The van der Waals surface area contributed by atoms with Crippen molar-refractivity contribution in [1.82, 2.24) is 4.90 Å². The van der Waals surface area contributed by atoms with Crippen molar-refractivity contribution in [2.45, 2.75) is 25.5 Å². The lowest BCUT2D eigenvalue weighted by atomic mass is 10.0. The summed E-state index contributed by atoms with van der Waals surface area (Å²) in [5, 5.41) is 0. The van der Waals surface area contributed by atoms with Gasteiger partial charge in [-0.15, -0.1) is 0 Å². The lowest BCUT2D eigenvalue weighted by Gasteiger charge is -2.31. The molecule has 2 aliphatic rings. The summed E-state index contributed by atoms with van der Waals surface area (Å²) in [4.78, 5) is 2.49. The zero-order valence-corrected chi connectivity index (χ0v) is 15.4. The summed E-state index contributed by atoms with van der Waals surface area (Å²) in [6.45, 7) is 3.37. The second kappa shape index (κ2) is 7.56. The van der Waals surface area contributed by atoms with Crippen LogP contribution < -0.4 is 14.2 Å². The fourth-order valence-corrected chi connectivity index (χ4v) is 3.70. The van der Waals surface area contributed by atoms with Crippen LogP contribution in [0.4, 0.5) is 0 Å². The summed E-state index contributed by atoms with van der Waals surface area (Å²) in [6.07, 6.45) is 2.61. The molecule has 0 spiro atoms. The first-order chi connectivity index (χ1) is 12.8. The lowest BCUT2D eigenvalue weighted by molar-refractivity contribution is 0.0388. The highest BCUT2D eigenvalue weighted by molar-refractivity contribution is 5.73. The Morgan fingerprint density at radius 2 is 1.81 bits per heavy atom. The van der Waals surface area contributed by atoms with Crippen LogP contribution in [0, 0.1) is 0 Å². The minimum atomic E-state index is 0.285. The van der Waals surface area contributed by atoms with E-state index in [1.807, 2.05) is 12.1 Å². The zero-order valence-electron chi connectivity index (χ0n) is 15.4. The van der Waals surface area contributed by atoms with Crippen LogP contribution in [0.2, 0.25) is 0 Å². The molecule has 0 bridgehead atoms. The van der Waals surface area contributed by atoms with E-state index in [9.17, 15) is 0 Å². The van der Waals surface area contributed by atoms with Crippen LogP contribution in [0.3, 0.4) is 0 Å². The predicted octanol–water partition coefficient (Wildman–Crippen LogP) is 3.70. The van der Waals surface area contributed by atoms with Crippen LogP contribution >= 0.6 is 0 Å². The summed E-state index contributed by atoms with van der Waals surface area (Å²) in [7, 11) is 3.52. The third-order valence-electron chi connectivity index (χ3n) is 5.22. The standard InChI is InChI=1S/C21H25NO4/c1-23-17-7-9-22(10-8-17)13-15-3-5-19(24-2)18(11-15)16-4-6-20-21(12-16)26-14-25-20/h3-6,11-12,17H,7-10,13-14H2,1-2H3. The van der Waals surface area contributed by atoms with E-state index in [0.29, 0.717) is 6.10 Å². The normalized spacial score (nSPS) is 17.5. The van der Waals surface area contributed by atoms with Gasteiger partial charge in [0, 0.05) is 32.3 Å². The molecule has 1 saturated heterocycles. The Morgan fingerprint density at radius 1 is 1.00 bits per heavy atom. The van der Waals surface area contributed by atoms with Gasteiger partial charge in [-0.2, -0.15) is 0 Å². The molecule has 0 unspecified atom stereocenters. The summed E-state index contributed by atoms with van der Waals surface area (Å²) in [5.41, 5.74) is 3.44.